The zero-order chi connectivity index (χ0) is 16.6. The Hall–Kier alpha value is -1.59. The van der Waals surface area contributed by atoms with Crippen molar-refractivity contribution >= 4 is 5.91 Å². The minimum absolute atomic E-state index is 0.0315. The molecule has 6 heteroatoms. The number of rotatable bonds is 5. The molecule has 1 aromatic rings. The first-order valence-corrected chi connectivity index (χ1v) is 8.96. The van der Waals surface area contributed by atoms with Gasteiger partial charge in [-0.1, -0.05) is 20.3 Å². The molecular formula is C17H28N4O2. The summed E-state index contributed by atoms with van der Waals surface area (Å²) in [5.41, 5.74) is -0.122. The van der Waals surface area contributed by atoms with Gasteiger partial charge in [0.2, 0.25) is 5.91 Å². The van der Waals surface area contributed by atoms with E-state index in [-0.39, 0.29) is 24.2 Å². The molecule has 0 unspecified atom stereocenters. The first kappa shape index (κ1) is 16.3. The molecule has 23 heavy (non-hydrogen) atoms. The predicted molar refractivity (Wildman–Crippen MR) is 88.2 cm³/mol. The number of carbonyl (C=O) groups is 1. The molecule has 0 aromatic carbocycles. The van der Waals surface area contributed by atoms with Gasteiger partial charge in [-0.2, -0.15) is 5.10 Å². The van der Waals surface area contributed by atoms with Gasteiger partial charge in [0.05, 0.1) is 0 Å². The van der Waals surface area contributed by atoms with Crippen LogP contribution < -0.4 is 5.69 Å². The van der Waals surface area contributed by atoms with Gasteiger partial charge < -0.3 is 4.90 Å². The molecule has 2 heterocycles. The highest BCUT2D eigenvalue weighted by Crippen LogP contribution is 2.30. The van der Waals surface area contributed by atoms with E-state index in [4.69, 9.17) is 0 Å². The molecule has 0 spiro atoms. The maximum absolute atomic E-state index is 12.8. The number of hydrogen-bond donors (Lipinski definition) is 0. The second-order valence-electron chi connectivity index (χ2n) is 7.34. The predicted octanol–water partition coefficient (Wildman–Crippen LogP) is 1.81. The largest absolute Gasteiger partial charge is 0.346 e. The third-order valence-corrected chi connectivity index (χ3v) is 5.20. The van der Waals surface area contributed by atoms with E-state index in [0.29, 0.717) is 12.0 Å². The van der Waals surface area contributed by atoms with E-state index in [1.165, 1.54) is 4.68 Å². The fraction of sp³-hybridized carbons (Fsp3) is 0.824. The average Bonchev–Trinajstić information content (AvgIpc) is 3.30. The van der Waals surface area contributed by atoms with Crippen molar-refractivity contribution in [1.29, 1.82) is 0 Å². The molecule has 0 radical (unpaired) electrons. The Balaban J connectivity index is 1.78. The SMILES string of the molecule is CC(C)[C@@H](C)N(C(=O)Cn1nc2n(c1=O)CCCCC2)C1CC1. The normalized spacial score (nSPS) is 19.3. The van der Waals surface area contributed by atoms with Crippen molar-refractivity contribution in [3.63, 3.8) is 0 Å². The molecule has 1 fully saturated rings. The zero-order valence-corrected chi connectivity index (χ0v) is 14.5. The molecule has 1 aliphatic carbocycles. The molecule has 6 nitrogen and oxygen atoms in total. The lowest BCUT2D eigenvalue weighted by molar-refractivity contribution is -0.135. The van der Waals surface area contributed by atoms with Gasteiger partial charge >= 0.3 is 5.69 Å². The number of nitrogens with zero attached hydrogens (tertiary/aromatic N) is 4. The summed E-state index contributed by atoms with van der Waals surface area (Å²) in [7, 11) is 0. The first-order chi connectivity index (χ1) is 11.0. The van der Waals surface area contributed by atoms with Crippen LogP contribution in [0.1, 0.15) is 58.7 Å². The van der Waals surface area contributed by atoms with E-state index in [2.05, 4.69) is 25.9 Å². The molecule has 0 bridgehead atoms. The van der Waals surface area contributed by atoms with Crippen LogP contribution in [0.4, 0.5) is 0 Å². The van der Waals surface area contributed by atoms with Crippen LogP contribution in [-0.2, 0) is 24.3 Å². The van der Waals surface area contributed by atoms with Gasteiger partial charge in [-0.15, -0.1) is 0 Å². The van der Waals surface area contributed by atoms with Gasteiger partial charge in [0.15, 0.2) is 0 Å². The third kappa shape index (κ3) is 3.35. The third-order valence-electron chi connectivity index (χ3n) is 5.20. The summed E-state index contributed by atoms with van der Waals surface area (Å²) in [6.07, 6.45) is 6.23. The van der Waals surface area contributed by atoms with Crippen LogP contribution in [0.15, 0.2) is 4.79 Å². The quantitative estimate of drug-likeness (QED) is 0.831. The fourth-order valence-corrected chi connectivity index (χ4v) is 3.38. The van der Waals surface area contributed by atoms with Crippen LogP contribution in [-0.4, -0.2) is 37.2 Å². The van der Waals surface area contributed by atoms with Crippen molar-refractivity contribution in [3.8, 4) is 0 Å². The standard InChI is InChI=1S/C17H28N4O2/c1-12(2)13(3)21(14-8-9-14)16(22)11-20-17(23)19-10-6-4-5-7-15(19)18-20/h12-14H,4-11H2,1-3H3/t13-/m1/s1. The fourth-order valence-electron chi connectivity index (χ4n) is 3.38. The molecule has 1 atom stereocenters. The highest BCUT2D eigenvalue weighted by molar-refractivity contribution is 5.77. The van der Waals surface area contributed by atoms with E-state index >= 15 is 0 Å². The topological polar surface area (TPSA) is 60.1 Å². The Bertz CT molecular complexity index is 627. The number of amides is 1. The number of hydrogen-bond acceptors (Lipinski definition) is 3. The second-order valence-corrected chi connectivity index (χ2v) is 7.34. The van der Waals surface area contributed by atoms with E-state index in [9.17, 15) is 9.59 Å². The average molecular weight is 320 g/mol. The van der Waals surface area contributed by atoms with E-state index in [1.54, 1.807) is 4.57 Å². The zero-order valence-electron chi connectivity index (χ0n) is 14.5. The minimum Gasteiger partial charge on any atom is -0.335 e. The lowest BCUT2D eigenvalue weighted by Gasteiger charge is -2.32. The maximum Gasteiger partial charge on any atom is 0.346 e. The minimum atomic E-state index is -0.122. The van der Waals surface area contributed by atoms with Gasteiger partial charge in [0.25, 0.3) is 0 Å². The van der Waals surface area contributed by atoms with Crippen LogP contribution in [0.25, 0.3) is 0 Å². The highest BCUT2D eigenvalue weighted by Gasteiger charge is 2.37. The van der Waals surface area contributed by atoms with Gasteiger partial charge in [-0.05, 0) is 38.5 Å². The molecule has 1 amide bonds. The maximum atomic E-state index is 12.8. The molecule has 2 aliphatic rings. The molecule has 1 aromatic heterocycles. The van der Waals surface area contributed by atoms with Crippen molar-refractivity contribution in [2.75, 3.05) is 0 Å². The van der Waals surface area contributed by atoms with E-state index < -0.39 is 0 Å². The summed E-state index contributed by atoms with van der Waals surface area (Å²) in [4.78, 5) is 27.3. The molecular weight excluding hydrogens is 292 g/mol. The number of aromatic nitrogens is 3. The number of carbonyl (C=O) groups excluding carboxylic acids is 1. The lowest BCUT2D eigenvalue weighted by atomic mass is 10.0. The van der Waals surface area contributed by atoms with Crippen LogP contribution in [0.5, 0.6) is 0 Å². The Morgan fingerprint density at radius 2 is 2.00 bits per heavy atom. The molecule has 128 valence electrons. The van der Waals surface area contributed by atoms with Crippen molar-refractivity contribution < 1.29 is 4.79 Å². The van der Waals surface area contributed by atoms with Gasteiger partial charge in [0, 0.05) is 25.0 Å². The van der Waals surface area contributed by atoms with Crippen molar-refractivity contribution in [2.24, 2.45) is 5.92 Å². The van der Waals surface area contributed by atoms with E-state index in [0.717, 1.165) is 50.9 Å². The Kier molecular flexibility index (Phi) is 4.60. The Morgan fingerprint density at radius 3 is 2.65 bits per heavy atom. The summed E-state index contributed by atoms with van der Waals surface area (Å²) < 4.78 is 3.14. The summed E-state index contributed by atoms with van der Waals surface area (Å²) in [5.74, 6) is 1.29. The number of aryl methyl sites for hydroxylation is 1. The van der Waals surface area contributed by atoms with Crippen LogP contribution in [0.2, 0.25) is 0 Å². The van der Waals surface area contributed by atoms with Crippen molar-refractivity contribution in [3.05, 3.63) is 16.3 Å². The number of fused-ring (bicyclic) bond motifs is 1. The lowest BCUT2D eigenvalue weighted by Crippen LogP contribution is -2.45. The van der Waals surface area contributed by atoms with Crippen LogP contribution in [0, 0.1) is 5.92 Å². The van der Waals surface area contributed by atoms with Gasteiger partial charge in [-0.25, -0.2) is 9.48 Å². The van der Waals surface area contributed by atoms with E-state index in [1.807, 2.05) is 4.90 Å². The summed E-state index contributed by atoms with van der Waals surface area (Å²) in [6.45, 7) is 7.19. The smallest absolute Gasteiger partial charge is 0.335 e. The van der Waals surface area contributed by atoms with Crippen molar-refractivity contribution in [1.82, 2.24) is 19.2 Å². The highest BCUT2D eigenvalue weighted by atomic mass is 16.2. The van der Waals surface area contributed by atoms with Crippen LogP contribution in [0.3, 0.4) is 0 Å². The summed E-state index contributed by atoms with van der Waals surface area (Å²) >= 11 is 0. The van der Waals surface area contributed by atoms with Crippen LogP contribution >= 0.6 is 0 Å². The molecule has 1 saturated carbocycles. The van der Waals surface area contributed by atoms with Gasteiger partial charge in [-0.3, -0.25) is 9.36 Å². The van der Waals surface area contributed by atoms with Crippen molar-refractivity contribution in [2.45, 2.75) is 84.5 Å². The first-order valence-electron chi connectivity index (χ1n) is 8.96. The Morgan fingerprint density at radius 1 is 1.26 bits per heavy atom. The Labute approximate surface area is 137 Å². The summed E-state index contributed by atoms with van der Waals surface area (Å²) in [5, 5.41) is 4.44. The molecule has 1 aliphatic heterocycles. The molecule has 0 N–H and O–H groups in total. The molecule has 0 saturated heterocycles. The summed E-state index contributed by atoms with van der Waals surface area (Å²) in [6, 6.07) is 0.558. The second kappa shape index (κ2) is 6.49. The van der Waals surface area contributed by atoms with Gasteiger partial charge in [0.1, 0.15) is 12.4 Å². The monoisotopic (exact) mass is 320 g/mol. The molecule has 3 rings (SSSR count).